The number of aromatic carboxylic acids is 1. The Morgan fingerprint density at radius 1 is 1.40 bits per heavy atom. The first-order valence-corrected chi connectivity index (χ1v) is 7.72. The minimum Gasteiger partial charge on any atom is -0.478 e. The number of carbonyl (C=O) groups is 1. The lowest BCUT2D eigenvalue weighted by Gasteiger charge is -2.32. The number of hydrogen-bond acceptors (Lipinski definition) is 2. The van der Waals surface area contributed by atoms with Gasteiger partial charge in [0.05, 0.1) is 5.56 Å². The Morgan fingerprint density at radius 2 is 2.10 bits per heavy atom. The van der Waals surface area contributed by atoms with E-state index in [-0.39, 0.29) is 5.56 Å². The summed E-state index contributed by atoms with van der Waals surface area (Å²) >= 11 is 6.18. The van der Waals surface area contributed by atoms with Gasteiger partial charge >= 0.3 is 5.97 Å². The number of hydrogen-bond donors (Lipinski definition) is 1. The van der Waals surface area contributed by atoms with E-state index in [0.29, 0.717) is 5.02 Å². The van der Waals surface area contributed by atoms with Gasteiger partial charge in [-0.1, -0.05) is 37.4 Å². The molecule has 1 aliphatic heterocycles. The number of nitrogens with zero attached hydrogens (tertiary/aromatic N) is 1. The van der Waals surface area contributed by atoms with Crippen molar-refractivity contribution in [2.75, 3.05) is 13.1 Å². The maximum absolute atomic E-state index is 10.9. The summed E-state index contributed by atoms with van der Waals surface area (Å²) in [6, 6.07) is 5.01. The second kappa shape index (κ2) is 7.09. The average molecular weight is 296 g/mol. The smallest absolute Gasteiger partial charge is 0.335 e. The van der Waals surface area contributed by atoms with Gasteiger partial charge in [-0.25, -0.2) is 4.79 Å². The number of rotatable bonds is 5. The molecule has 1 N–H and O–H groups in total. The minimum absolute atomic E-state index is 0.250. The van der Waals surface area contributed by atoms with E-state index in [9.17, 15) is 4.79 Å². The van der Waals surface area contributed by atoms with E-state index in [0.717, 1.165) is 31.1 Å². The highest BCUT2D eigenvalue weighted by atomic mass is 35.5. The summed E-state index contributed by atoms with van der Waals surface area (Å²) in [4.78, 5) is 13.3. The first kappa shape index (κ1) is 15.3. The Morgan fingerprint density at radius 3 is 2.65 bits per heavy atom. The van der Waals surface area contributed by atoms with Gasteiger partial charge in [0.15, 0.2) is 0 Å². The van der Waals surface area contributed by atoms with Gasteiger partial charge in [-0.05, 0) is 49.5 Å². The molecule has 0 spiro atoms. The molecule has 1 saturated heterocycles. The Balaban J connectivity index is 1.93. The first-order chi connectivity index (χ1) is 9.60. The maximum atomic E-state index is 10.9. The van der Waals surface area contributed by atoms with Gasteiger partial charge in [-0.2, -0.15) is 0 Å². The van der Waals surface area contributed by atoms with E-state index in [2.05, 4.69) is 11.8 Å². The van der Waals surface area contributed by atoms with Gasteiger partial charge in [0.1, 0.15) is 0 Å². The van der Waals surface area contributed by atoms with Gasteiger partial charge in [0.25, 0.3) is 0 Å². The molecule has 1 heterocycles. The van der Waals surface area contributed by atoms with Crippen molar-refractivity contribution in [2.24, 2.45) is 5.92 Å². The molecule has 1 fully saturated rings. The Hall–Kier alpha value is -1.06. The van der Waals surface area contributed by atoms with Gasteiger partial charge in [-0.15, -0.1) is 0 Å². The van der Waals surface area contributed by atoms with Crippen LogP contribution in [0.4, 0.5) is 0 Å². The first-order valence-electron chi connectivity index (χ1n) is 7.34. The largest absolute Gasteiger partial charge is 0.478 e. The third kappa shape index (κ3) is 3.97. The van der Waals surface area contributed by atoms with Gasteiger partial charge < -0.3 is 5.11 Å². The van der Waals surface area contributed by atoms with Crippen molar-refractivity contribution in [3.8, 4) is 0 Å². The van der Waals surface area contributed by atoms with Crippen LogP contribution in [0.3, 0.4) is 0 Å². The van der Waals surface area contributed by atoms with Gasteiger partial charge in [0.2, 0.25) is 0 Å². The highest BCUT2D eigenvalue weighted by Gasteiger charge is 2.19. The minimum atomic E-state index is -0.932. The van der Waals surface area contributed by atoms with Crippen molar-refractivity contribution < 1.29 is 9.90 Å². The fraction of sp³-hybridized carbons (Fsp3) is 0.562. The summed E-state index contributed by atoms with van der Waals surface area (Å²) in [5.41, 5.74) is 1.27. The van der Waals surface area contributed by atoms with E-state index in [1.165, 1.54) is 25.7 Å². The van der Waals surface area contributed by atoms with E-state index in [1.54, 1.807) is 12.1 Å². The molecule has 0 amide bonds. The normalized spacial score (nSPS) is 17.3. The van der Waals surface area contributed by atoms with E-state index >= 15 is 0 Å². The van der Waals surface area contributed by atoms with Crippen molar-refractivity contribution in [3.05, 3.63) is 34.3 Å². The van der Waals surface area contributed by atoms with Crippen LogP contribution in [-0.2, 0) is 6.54 Å². The molecule has 0 aromatic heterocycles. The second-order valence-corrected chi connectivity index (χ2v) is 6.03. The summed E-state index contributed by atoms with van der Waals surface area (Å²) in [6.45, 7) is 5.29. The topological polar surface area (TPSA) is 40.5 Å². The van der Waals surface area contributed by atoms with Gasteiger partial charge in [0, 0.05) is 11.6 Å². The molecule has 1 aliphatic rings. The lowest BCUT2D eigenvalue weighted by atomic mass is 9.92. The van der Waals surface area contributed by atoms with Crippen LogP contribution >= 0.6 is 11.6 Å². The standard InChI is InChI=1S/C16H22ClNO2/c1-2-3-12-6-8-18(9-7-12)11-14-5-4-13(16(19)20)10-15(14)17/h4-5,10,12H,2-3,6-9,11H2,1H3,(H,19,20). The van der Waals surface area contributed by atoms with Crippen molar-refractivity contribution in [1.29, 1.82) is 0 Å². The van der Waals surface area contributed by atoms with Crippen LogP contribution in [0, 0.1) is 5.92 Å². The quantitative estimate of drug-likeness (QED) is 0.891. The van der Waals surface area contributed by atoms with E-state index in [1.807, 2.05) is 6.07 Å². The van der Waals surface area contributed by atoms with Crippen molar-refractivity contribution >= 4 is 17.6 Å². The molecule has 1 aromatic carbocycles. The summed E-state index contributed by atoms with van der Waals surface area (Å²) in [5, 5.41) is 9.49. The van der Waals surface area contributed by atoms with Crippen LogP contribution in [0.25, 0.3) is 0 Å². The highest BCUT2D eigenvalue weighted by molar-refractivity contribution is 6.31. The molecule has 1 aromatic rings. The van der Waals surface area contributed by atoms with Gasteiger partial charge in [-0.3, -0.25) is 4.90 Å². The monoisotopic (exact) mass is 295 g/mol. The second-order valence-electron chi connectivity index (χ2n) is 5.62. The molecule has 20 heavy (non-hydrogen) atoms. The third-order valence-electron chi connectivity index (χ3n) is 4.10. The predicted molar refractivity (Wildman–Crippen MR) is 81.3 cm³/mol. The Bertz CT molecular complexity index is 468. The molecular weight excluding hydrogens is 274 g/mol. The zero-order valence-corrected chi connectivity index (χ0v) is 12.7. The fourth-order valence-electron chi connectivity index (χ4n) is 2.89. The zero-order valence-electron chi connectivity index (χ0n) is 11.9. The molecule has 0 radical (unpaired) electrons. The molecule has 0 bridgehead atoms. The maximum Gasteiger partial charge on any atom is 0.335 e. The molecule has 2 rings (SSSR count). The third-order valence-corrected chi connectivity index (χ3v) is 4.45. The number of piperidine rings is 1. The van der Waals surface area contributed by atoms with Crippen molar-refractivity contribution in [1.82, 2.24) is 4.90 Å². The van der Waals surface area contributed by atoms with Crippen LogP contribution in [0.15, 0.2) is 18.2 Å². The van der Waals surface area contributed by atoms with Crippen LogP contribution in [-0.4, -0.2) is 29.1 Å². The fourth-order valence-corrected chi connectivity index (χ4v) is 3.13. The zero-order chi connectivity index (χ0) is 14.5. The predicted octanol–water partition coefficient (Wildman–Crippen LogP) is 4.05. The van der Waals surface area contributed by atoms with Crippen LogP contribution in [0.2, 0.25) is 5.02 Å². The lowest BCUT2D eigenvalue weighted by Crippen LogP contribution is -2.33. The molecule has 0 atom stereocenters. The number of carboxylic acid groups (broad SMARTS) is 1. The molecular formula is C16H22ClNO2. The molecule has 0 unspecified atom stereocenters. The number of halogens is 1. The summed E-state index contributed by atoms with van der Waals surface area (Å²) in [7, 11) is 0. The lowest BCUT2D eigenvalue weighted by molar-refractivity contribution is 0.0697. The van der Waals surface area contributed by atoms with E-state index < -0.39 is 5.97 Å². The highest BCUT2D eigenvalue weighted by Crippen LogP contribution is 2.25. The Kier molecular flexibility index (Phi) is 5.44. The van der Waals surface area contributed by atoms with Crippen LogP contribution < -0.4 is 0 Å². The number of carboxylic acids is 1. The number of benzene rings is 1. The SMILES string of the molecule is CCCC1CCN(Cc2ccc(C(=O)O)cc2Cl)CC1. The van der Waals surface area contributed by atoms with Crippen LogP contribution in [0.1, 0.15) is 48.5 Å². The summed E-state index contributed by atoms with van der Waals surface area (Å²) in [5.74, 6) is -0.0556. The summed E-state index contributed by atoms with van der Waals surface area (Å²) in [6.07, 6.45) is 5.13. The molecule has 3 nitrogen and oxygen atoms in total. The average Bonchev–Trinajstić information content (AvgIpc) is 2.43. The summed E-state index contributed by atoms with van der Waals surface area (Å²) < 4.78 is 0. The van der Waals surface area contributed by atoms with Crippen LogP contribution in [0.5, 0.6) is 0 Å². The Labute approximate surface area is 125 Å². The number of likely N-dealkylation sites (tertiary alicyclic amines) is 1. The van der Waals surface area contributed by atoms with Crippen molar-refractivity contribution in [3.63, 3.8) is 0 Å². The molecule has 110 valence electrons. The van der Waals surface area contributed by atoms with E-state index in [4.69, 9.17) is 16.7 Å². The molecule has 4 heteroatoms. The van der Waals surface area contributed by atoms with Crippen molar-refractivity contribution in [2.45, 2.75) is 39.2 Å². The molecule has 0 aliphatic carbocycles. The molecule has 0 saturated carbocycles.